The molecule has 0 aromatic heterocycles. The molecule has 27 heavy (non-hydrogen) atoms. The Morgan fingerprint density at radius 1 is 0.963 bits per heavy atom. The first-order valence-electron chi connectivity index (χ1n) is 8.28. The van der Waals surface area contributed by atoms with Gasteiger partial charge < -0.3 is 14.8 Å². The summed E-state index contributed by atoms with van der Waals surface area (Å²) in [5.74, 6) is 0.911. The molecule has 0 aliphatic rings. The average molecular weight is 413 g/mol. The summed E-state index contributed by atoms with van der Waals surface area (Å²) >= 11 is 5.74. The van der Waals surface area contributed by atoms with E-state index in [2.05, 4.69) is 10.0 Å². The van der Waals surface area contributed by atoms with Crippen LogP contribution in [0.25, 0.3) is 0 Å². The molecule has 146 valence electrons. The molecular weight excluding hydrogens is 392 g/mol. The number of hydrogen-bond donors (Lipinski definition) is 2. The van der Waals surface area contributed by atoms with Crippen molar-refractivity contribution in [3.63, 3.8) is 0 Å². The van der Waals surface area contributed by atoms with Crippen molar-refractivity contribution in [2.24, 2.45) is 0 Å². The largest absolute Gasteiger partial charge is 0.494 e. The summed E-state index contributed by atoms with van der Waals surface area (Å²) in [6.07, 6.45) is 0. The van der Waals surface area contributed by atoms with Crippen molar-refractivity contribution < 1.29 is 22.7 Å². The zero-order valence-electron chi connectivity index (χ0n) is 14.8. The lowest BCUT2D eigenvalue weighted by atomic mass is 10.3. The number of carbonyl (C=O) groups excluding carboxylic acids is 1. The van der Waals surface area contributed by atoms with Crippen LogP contribution in [-0.4, -0.2) is 40.6 Å². The van der Waals surface area contributed by atoms with E-state index in [9.17, 15) is 13.2 Å². The van der Waals surface area contributed by atoms with E-state index in [0.717, 1.165) is 5.75 Å². The third-order valence-electron chi connectivity index (χ3n) is 3.37. The molecule has 0 aliphatic carbocycles. The second kappa shape index (κ2) is 10.1. The summed E-state index contributed by atoms with van der Waals surface area (Å²) in [6, 6.07) is 12.7. The lowest BCUT2D eigenvalue weighted by Crippen LogP contribution is -2.36. The van der Waals surface area contributed by atoms with Crippen LogP contribution in [-0.2, 0) is 14.8 Å². The number of nitrogens with one attached hydrogen (secondary N) is 2. The third kappa shape index (κ3) is 7.09. The van der Waals surface area contributed by atoms with Gasteiger partial charge in [-0.1, -0.05) is 11.6 Å². The Bertz CT molecular complexity index is 839. The summed E-state index contributed by atoms with van der Waals surface area (Å²) < 4.78 is 37.2. The van der Waals surface area contributed by atoms with Crippen molar-refractivity contribution in [1.29, 1.82) is 0 Å². The average Bonchev–Trinajstić information content (AvgIpc) is 2.65. The molecule has 2 aromatic carbocycles. The zero-order valence-corrected chi connectivity index (χ0v) is 16.3. The van der Waals surface area contributed by atoms with E-state index in [0.29, 0.717) is 17.4 Å². The number of amides is 1. The smallest absolute Gasteiger partial charge is 0.257 e. The Morgan fingerprint density at radius 2 is 1.56 bits per heavy atom. The van der Waals surface area contributed by atoms with Gasteiger partial charge in [0, 0.05) is 18.1 Å². The highest BCUT2D eigenvalue weighted by Crippen LogP contribution is 2.17. The van der Waals surface area contributed by atoms with Crippen molar-refractivity contribution in [2.75, 3.05) is 26.3 Å². The highest BCUT2D eigenvalue weighted by atomic mass is 35.5. The molecule has 0 saturated carbocycles. The molecular formula is C18H21ClN2O5S. The molecule has 0 spiro atoms. The minimum atomic E-state index is -3.64. The van der Waals surface area contributed by atoms with Crippen molar-refractivity contribution >= 4 is 27.5 Å². The quantitative estimate of drug-likeness (QED) is 0.583. The molecule has 0 heterocycles. The molecule has 2 N–H and O–H groups in total. The van der Waals surface area contributed by atoms with Gasteiger partial charge in [0.1, 0.15) is 11.5 Å². The van der Waals surface area contributed by atoms with Gasteiger partial charge in [-0.05, 0) is 55.5 Å². The van der Waals surface area contributed by atoms with E-state index >= 15 is 0 Å². The van der Waals surface area contributed by atoms with E-state index in [1.165, 1.54) is 24.3 Å². The molecule has 7 nitrogen and oxygen atoms in total. The van der Waals surface area contributed by atoms with Crippen LogP contribution in [0.3, 0.4) is 0 Å². The van der Waals surface area contributed by atoms with Gasteiger partial charge in [0.05, 0.1) is 11.5 Å². The molecule has 0 unspecified atom stereocenters. The van der Waals surface area contributed by atoms with E-state index < -0.39 is 10.0 Å². The lowest BCUT2D eigenvalue weighted by molar-refractivity contribution is -0.123. The van der Waals surface area contributed by atoms with Crippen molar-refractivity contribution in [1.82, 2.24) is 10.0 Å². The summed E-state index contributed by atoms with van der Waals surface area (Å²) in [5.41, 5.74) is 0. The van der Waals surface area contributed by atoms with Crippen LogP contribution in [0, 0.1) is 0 Å². The van der Waals surface area contributed by atoms with Gasteiger partial charge in [-0.25, -0.2) is 13.1 Å². The fourth-order valence-corrected chi connectivity index (χ4v) is 3.24. The highest BCUT2D eigenvalue weighted by Gasteiger charge is 2.13. The molecule has 2 rings (SSSR count). The Labute approximate surface area is 163 Å². The van der Waals surface area contributed by atoms with Crippen LogP contribution >= 0.6 is 11.6 Å². The van der Waals surface area contributed by atoms with E-state index in [-0.39, 0.29) is 30.5 Å². The Hall–Kier alpha value is -2.29. The van der Waals surface area contributed by atoms with Crippen LogP contribution < -0.4 is 19.5 Å². The predicted molar refractivity (Wildman–Crippen MR) is 103 cm³/mol. The van der Waals surface area contributed by atoms with Gasteiger partial charge in [0.25, 0.3) is 5.91 Å². The highest BCUT2D eigenvalue weighted by molar-refractivity contribution is 7.89. The topological polar surface area (TPSA) is 93.7 Å². The number of carbonyl (C=O) groups is 1. The number of benzene rings is 2. The van der Waals surface area contributed by atoms with Gasteiger partial charge in [-0.15, -0.1) is 0 Å². The summed E-state index contributed by atoms with van der Waals surface area (Å²) in [6.45, 7) is 2.49. The molecule has 0 fully saturated rings. The fraction of sp³-hybridized carbons (Fsp3) is 0.278. The van der Waals surface area contributed by atoms with Crippen LogP contribution in [0.2, 0.25) is 5.02 Å². The zero-order chi connectivity index (χ0) is 19.7. The van der Waals surface area contributed by atoms with Gasteiger partial charge >= 0.3 is 0 Å². The number of sulfonamides is 1. The van der Waals surface area contributed by atoms with Gasteiger partial charge in [0.15, 0.2) is 6.61 Å². The molecule has 0 aliphatic heterocycles. The van der Waals surface area contributed by atoms with Crippen LogP contribution in [0.4, 0.5) is 0 Å². The summed E-state index contributed by atoms with van der Waals surface area (Å²) in [5, 5.41) is 3.03. The molecule has 1 amide bonds. The van der Waals surface area contributed by atoms with Crippen LogP contribution in [0.5, 0.6) is 11.5 Å². The first-order valence-corrected chi connectivity index (χ1v) is 10.1. The Balaban J connectivity index is 1.69. The SMILES string of the molecule is CCOc1ccc(OCC(=O)NCCNS(=O)(=O)c2ccc(Cl)cc2)cc1. The van der Waals surface area contributed by atoms with Gasteiger partial charge in [0.2, 0.25) is 10.0 Å². The molecule has 0 atom stereocenters. The Kier molecular flexibility index (Phi) is 7.90. The number of hydrogen-bond acceptors (Lipinski definition) is 5. The molecule has 0 bridgehead atoms. The van der Waals surface area contributed by atoms with Crippen LogP contribution in [0.1, 0.15) is 6.92 Å². The molecule has 0 radical (unpaired) electrons. The minimum absolute atomic E-state index is 0.0553. The fourth-order valence-electron chi connectivity index (χ4n) is 2.08. The van der Waals surface area contributed by atoms with E-state index in [4.69, 9.17) is 21.1 Å². The standard InChI is InChI=1S/C18H21ClN2O5S/c1-2-25-15-5-7-16(8-6-15)26-13-18(22)20-11-12-21-27(23,24)17-9-3-14(19)4-10-17/h3-10,21H,2,11-13H2,1H3,(H,20,22). The van der Waals surface area contributed by atoms with Crippen molar-refractivity contribution in [3.05, 3.63) is 53.6 Å². The first kappa shape index (κ1) is 21.0. The number of halogens is 1. The van der Waals surface area contributed by atoms with E-state index in [1.54, 1.807) is 24.3 Å². The summed E-state index contributed by atoms with van der Waals surface area (Å²) in [7, 11) is -3.64. The van der Waals surface area contributed by atoms with Crippen molar-refractivity contribution in [2.45, 2.75) is 11.8 Å². The second-order valence-electron chi connectivity index (χ2n) is 5.39. The molecule has 0 saturated heterocycles. The second-order valence-corrected chi connectivity index (χ2v) is 7.60. The van der Waals surface area contributed by atoms with E-state index in [1.807, 2.05) is 6.92 Å². The predicted octanol–water partition coefficient (Wildman–Crippen LogP) is 2.21. The molecule has 2 aromatic rings. The minimum Gasteiger partial charge on any atom is -0.494 e. The maximum absolute atomic E-state index is 12.1. The lowest BCUT2D eigenvalue weighted by Gasteiger charge is -2.09. The number of ether oxygens (including phenoxy) is 2. The third-order valence-corrected chi connectivity index (χ3v) is 5.10. The normalized spacial score (nSPS) is 11.0. The molecule has 9 heteroatoms. The van der Waals surface area contributed by atoms with Crippen molar-refractivity contribution in [3.8, 4) is 11.5 Å². The van der Waals surface area contributed by atoms with Gasteiger partial charge in [-0.3, -0.25) is 4.79 Å². The Morgan fingerprint density at radius 3 is 2.15 bits per heavy atom. The van der Waals surface area contributed by atoms with Crippen LogP contribution in [0.15, 0.2) is 53.4 Å². The van der Waals surface area contributed by atoms with Gasteiger partial charge in [-0.2, -0.15) is 0 Å². The maximum atomic E-state index is 12.1. The monoisotopic (exact) mass is 412 g/mol. The number of rotatable bonds is 10. The maximum Gasteiger partial charge on any atom is 0.257 e. The summed E-state index contributed by atoms with van der Waals surface area (Å²) in [4.78, 5) is 11.9. The first-order chi connectivity index (χ1) is 12.9.